The molecule has 0 saturated heterocycles. The SMILES string of the molecule is CS(=O)(=O)c1ccc(OB(O)O)c(F)c1. The van der Waals surface area contributed by atoms with Crippen LogP contribution in [0.5, 0.6) is 5.75 Å². The van der Waals surface area contributed by atoms with Crippen molar-refractivity contribution in [3.63, 3.8) is 0 Å². The van der Waals surface area contributed by atoms with Gasteiger partial charge in [-0.2, -0.15) is 0 Å². The Morgan fingerprint density at radius 2 is 2.00 bits per heavy atom. The Labute approximate surface area is 86.2 Å². The van der Waals surface area contributed by atoms with Crippen molar-refractivity contribution >= 4 is 17.2 Å². The van der Waals surface area contributed by atoms with E-state index in [1.807, 2.05) is 0 Å². The zero-order chi connectivity index (χ0) is 11.6. The van der Waals surface area contributed by atoms with Crippen LogP contribution in [-0.4, -0.2) is 32.0 Å². The molecule has 2 N–H and O–H groups in total. The van der Waals surface area contributed by atoms with E-state index in [2.05, 4.69) is 4.65 Å². The molecule has 0 amide bonds. The molecule has 1 rings (SSSR count). The van der Waals surface area contributed by atoms with Crippen molar-refractivity contribution in [3.8, 4) is 5.75 Å². The van der Waals surface area contributed by atoms with Crippen LogP contribution in [0.4, 0.5) is 4.39 Å². The first-order valence-corrected chi connectivity index (χ1v) is 5.72. The van der Waals surface area contributed by atoms with E-state index in [1.165, 1.54) is 0 Å². The third-order valence-corrected chi connectivity index (χ3v) is 2.67. The third-order valence-electron chi connectivity index (χ3n) is 1.56. The highest BCUT2D eigenvalue weighted by atomic mass is 32.2. The molecule has 0 atom stereocenters. The molecule has 0 unspecified atom stereocenters. The second kappa shape index (κ2) is 4.17. The molecule has 15 heavy (non-hydrogen) atoms. The molecule has 0 aliphatic rings. The summed E-state index contributed by atoms with van der Waals surface area (Å²) < 4.78 is 39.4. The number of hydrogen-bond acceptors (Lipinski definition) is 5. The van der Waals surface area contributed by atoms with Gasteiger partial charge < -0.3 is 14.7 Å². The maximum atomic E-state index is 13.1. The summed E-state index contributed by atoms with van der Waals surface area (Å²) in [7, 11) is -5.64. The Bertz CT molecular complexity index is 458. The van der Waals surface area contributed by atoms with E-state index in [-0.39, 0.29) is 4.90 Å². The molecule has 0 fully saturated rings. The highest BCUT2D eigenvalue weighted by Crippen LogP contribution is 2.20. The van der Waals surface area contributed by atoms with Gasteiger partial charge in [-0.05, 0) is 18.2 Å². The largest absolute Gasteiger partial charge is 0.707 e. The van der Waals surface area contributed by atoms with Crippen LogP contribution in [0.25, 0.3) is 0 Å². The van der Waals surface area contributed by atoms with Gasteiger partial charge in [-0.3, -0.25) is 0 Å². The van der Waals surface area contributed by atoms with Gasteiger partial charge in [0.25, 0.3) is 0 Å². The van der Waals surface area contributed by atoms with E-state index in [9.17, 15) is 12.8 Å². The standard InChI is InChI=1S/C7H8BFO5S/c1-15(12,13)5-2-3-7(6(9)4-5)14-8(10)11/h2-4,10-11H,1H3. The summed E-state index contributed by atoms with van der Waals surface area (Å²) in [5.41, 5.74) is 0. The van der Waals surface area contributed by atoms with Gasteiger partial charge in [-0.15, -0.1) is 0 Å². The summed E-state index contributed by atoms with van der Waals surface area (Å²) in [4.78, 5) is -0.209. The Morgan fingerprint density at radius 3 is 2.40 bits per heavy atom. The molecule has 0 saturated carbocycles. The zero-order valence-corrected chi connectivity index (χ0v) is 8.53. The van der Waals surface area contributed by atoms with E-state index in [1.54, 1.807) is 0 Å². The Hall–Kier alpha value is -1.12. The summed E-state index contributed by atoms with van der Waals surface area (Å²) in [6, 6.07) is 2.86. The summed E-state index contributed by atoms with van der Waals surface area (Å²) in [6.07, 6.45) is 0.934. The smallest absolute Gasteiger partial charge is 0.510 e. The minimum Gasteiger partial charge on any atom is -0.510 e. The van der Waals surface area contributed by atoms with Gasteiger partial charge in [0.2, 0.25) is 0 Å². The van der Waals surface area contributed by atoms with Crippen molar-refractivity contribution in [3.05, 3.63) is 24.0 Å². The van der Waals surface area contributed by atoms with Crippen molar-refractivity contribution in [2.45, 2.75) is 4.90 Å². The van der Waals surface area contributed by atoms with E-state index in [4.69, 9.17) is 10.0 Å². The molecule has 5 nitrogen and oxygen atoms in total. The quantitative estimate of drug-likeness (QED) is 0.693. The predicted octanol–water partition coefficient (Wildman–Crippen LogP) is -0.422. The first-order valence-electron chi connectivity index (χ1n) is 3.83. The lowest BCUT2D eigenvalue weighted by Gasteiger charge is -2.06. The fraction of sp³-hybridized carbons (Fsp3) is 0.143. The third kappa shape index (κ3) is 3.19. The highest BCUT2D eigenvalue weighted by molar-refractivity contribution is 7.90. The molecule has 0 heterocycles. The molecular weight excluding hydrogens is 226 g/mol. The molecule has 8 heteroatoms. The number of rotatable bonds is 3. The summed E-state index contributed by atoms with van der Waals surface area (Å²) >= 11 is 0. The first kappa shape index (κ1) is 12.0. The minimum atomic E-state index is -3.49. The molecule has 0 aromatic heterocycles. The van der Waals surface area contributed by atoms with E-state index >= 15 is 0 Å². The van der Waals surface area contributed by atoms with Gasteiger partial charge >= 0.3 is 7.32 Å². The van der Waals surface area contributed by atoms with Crippen LogP contribution in [0, 0.1) is 5.82 Å². The van der Waals surface area contributed by atoms with Crippen molar-refractivity contribution < 1.29 is 27.5 Å². The topological polar surface area (TPSA) is 83.8 Å². The summed E-state index contributed by atoms with van der Waals surface area (Å²) in [6.45, 7) is 0. The second-order valence-corrected chi connectivity index (χ2v) is 4.82. The molecule has 0 aliphatic heterocycles. The fourth-order valence-corrected chi connectivity index (χ4v) is 1.55. The number of halogens is 1. The van der Waals surface area contributed by atoms with Crippen LogP contribution < -0.4 is 4.65 Å². The Balaban J connectivity index is 3.09. The maximum absolute atomic E-state index is 13.1. The van der Waals surface area contributed by atoms with E-state index in [0.29, 0.717) is 0 Å². The van der Waals surface area contributed by atoms with Crippen molar-refractivity contribution in [2.24, 2.45) is 0 Å². The maximum Gasteiger partial charge on any atom is 0.707 e. The normalized spacial score (nSPS) is 11.2. The summed E-state index contributed by atoms with van der Waals surface area (Å²) in [5, 5.41) is 16.8. The van der Waals surface area contributed by atoms with Gasteiger partial charge in [0.15, 0.2) is 15.7 Å². The minimum absolute atomic E-state index is 0.209. The second-order valence-electron chi connectivity index (χ2n) is 2.81. The van der Waals surface area contributed by atoms with Crippen LogP contribution in [-0.2, 0) is 9.84 Å². The number of benzene rings is 1. The molecule has 0 aliphatic carbocycles. The molecule has 0 radical (unpaired) electrons. The van der Waals surface area contributed by atoms with E-state index in [0.717, 1.165) is 24.5 Å². The Kier molecular flexibility index (Phi) is 3.33. The van der Waals surface area contributed by atoms with Crippen molar-refractivity contribution in [1.82, 2.24) is 0 Å². The van der Waals surface area contributed by atoms with Crippen molar-refractivity contribution in [2.75, 3.05) is 6.26 Å². The lowest BCUT2D eigenvalue weighted by Crippen LogP contribution is -2.21. The molecular formula is C7H8BFO5S. The molecule has 82 valence electrons. The average molecular weight is 234 g/mol. The average Bonchev–Trinajstić information content (AvgIpc) is 2.05. The Morgan fingerprint density at radius 1 is 1.40 bits per heavy atom. The fourth-order valence-electron chi connectivity index (χ4n) is 0.921. The lowest BCUT2D eigenvalue weighted by atomic mass is 10.2. The molecule has 0 bridgehead atoms. The van der Waals surface area contributed by atoms with Gasteiger partial charge in [-0.1, -0.05) is 0 Å². The van der Waals surface area contributed by atoms with E-state index < -0.39 is 28.7 Å². The molecule has 1 aromatic rings. The number of sulfone groups is 1. The first-order chi connectivity index (χ1) is 6.80. The van der Waals surface area contributed by atoms with Crippen molar-refractivity contribution in [1.29, 1.82) is 0 Å². The zero-order valence-electron chi connectivity index (χ0n) is 7.71. The number of hydrogen-bond donors (Lipinski definition) is 2. The molecule has 1 aromatic carbocycles. The van der Waals surface area contributed by atoms with Gasteiger partial charge in [-0.25, -0.2) is 12.8 Å². The van der Waals surface area contributed by atoms with Gasteiger partial charge in [0.05, 0.1) is 4.90 Å². The van der Waals surface area contributed by atoms with Crippen LogP contribution in [0.2, 0.25) is 0 Å². The lowest BCUT2D eigenvalue weighted by molar-refractivity contribution is 0.281. The van der Waals surface area contributed by atoms with Crippen LogP contribution in [0.3, 0.4) is 0 Å². The van der Waals surface area contributed by atoms with Crippen LogP contribution in [0.15, 0.2) is 23.1 Å². The van der Waals surface area contributed by atoms with Crippen LogP contribution in [0.1, 0.15) is 0 Å². The van der Waals surface area contributed by atoms with Gasteiger partial charge in [0, 0.05) is 6.26 Å². The predicted molar refractivity (Wildman–Crippen MR) is 50.3 cm³/mol. The summed E-state index contributed by atoms with van der Waals surface area (Å²) in [5.74, 6) is -1.41. The van der Waals surface area contributed by atoms with Crippen LogP contribution >= 0.6 is 0 Å². The van der Waals surface area contributed by atoms with Gasteiger partial charge in [0.1, 0.15) is 5.75 Å². The highest BCUT2D eigenvalue weighted by Gasteiger charge is 2.16. The monoisotopic (exact) mass is 234 g/mol. The molecule has 0 spiro atoms.